The average Bonchev–Trinajstić information content (AvgIpc) is 3.46. The highest BCUT2D eigenvalue weighted by Crippen LogP contribution is 2.41. The molecular formula is C31H39N5O6. The normalized spacial score (nSPS) is 22.5. The van der Waals surface area contributed by atoms with Crippen molar-refractivity contribution in [2.24, 2.45) is 0 Å². The average molecular weight is 578 g/mol. The van der Waals surface area contributed by atoms with Gasteiger partial charge in [-0.2, -0.15) is 0 Å². The Morgan fingerprint density at radius 2 is 2.00 bits per heavy atom. The number of nitrogens with zero attached hydrogens (tertiary/aromatic N) is 4. The minimum Gasteiger partial charge on any atom is -0.492 e. The summed E-state index contributed by atoms with van der Waals surface area (Å²) in [6.45, 7) is 2.36. The topological polar surface area (TPSA) is 128 Å². The van der Waals surface area contributed by atoms with Crippen molar-refractivity contribution >= 4 is 11.9 Å². The number of nitrogens with one attached hydrogen (secondary N) is 1. The largest absolute Gasteiger partial charge is 0.492 e. The second kappa shape index (κ2) is 13.5. The van der Waals surface area contributed by atoms with Crippen LogP contribution in [0.3, 0.4) is 0 Å². The molecule has 1 aromatic carbocycles. The fourth-order valence-corrected chi connectivity index (χ4v) is 6.12. The smallest absolute Gasteiger partial charge is 0.339 e. The van der Waals surface area contributed by atoms with Gasteiger partial charge in [0, 0.05) is 51.0 Å². The number of esters is 1. The zero-order valence-electron chi connectivity index (χ0n) is 24.2. The number of pyridine rings is 1. The highest BCUT2D eigenvalue weighted by molar-refractivity contribution is 5.98. The third-order valence-corrected chi connectivity index (χ3v) is 8.20. The molecule has 1 aliphatic carbocycles. The van der Waals surface area contributed by atoms with Gasteiger partial charge in [0.1, 0.15) is 11.4 Å². The summed E-state index contributed by atoms with van der Waals surface area (Å²) < 4.78 is 18.1. The van der Waals surface area contributed by atoms with Gasteiger partial charge in [-0.05, 0) is 18.9 Å². The first-order valence-corrected chi connectivity index (χ1v) is 14.5. The van der Waals surface area contributed by atoms with Crippen LogP contribution in [0.5, 0.6) is 5.75 Å². The van der Waals surface area contributed by atoms with Gasteiger partial charge in [0.05, 0.1) is 50.1 Å². The first-order valence-electron chi connectivity index (χ1n) is 14.5. The lowest BCUT2D eigenvalue weighted by Gasteiger charge is -2.41. The molecular weight excluding hydrogens is 538 g/mol. The summed E-state index contributed by atoms with van der Waals surface area (Å²) in [4.78, 5) is 36.7. The van der Waals surface area contributed by atoms with Crippen molar-refractivity contribution in [2.45, 2.75) is 49.8 Å². The lowest BCUT2D eigenvalue weighted by atomic mass is 9.80. The first kappa shape index (κ1) is 29.7. The van der Waals surface area contributed by atoms with Gasteiger partial charge in [0.15, 0.2) is 5.69 Å². The van der Waals surface area contributed by atoms with E-state index in [0.29, 0.717) is 61.8 Å². The Balaban J connectivity index is 1.39. The summed E-state index contributed by atoms with van der Waals surface area (Å²) in [6.07, 6.45) is 8.53. The van der Waals surface area contributed by atoms with E-state index in [0.717, 1.165) is 24.8 Å². The Hall–Kier alpha value is -3.80. The molecule has 0 unspecified atom stereocenters. The molecule has 5 rings (SSSR count). The minimum atomic E-state index is -1.05. The van der Waals surface area contributed by atoms with Crippen molar-refractivity contribution in [2.75, 3.05) is 47.1 Å². The van der Waals surface area contributed by atoms with E-state index < -0.39 is 11.6 Å². The number of aromatic nitrogens is 3. The SMILES string of the molecule is COC[C@]1(O)CCCC[C@H]1n1cnc(C(=O)N2CCNC[C@H]2CCOc2cncc(C(=O)OC)c2)c1-c1ccccc1. The summed E-state index contributed by atoms with van der Waals surface area (Å²) in [6, 6.07) is 11.0. The molecule has 42 heavy (non-hydrogen) atoms. The highest BCUT2D eigenvalue weighted by atomic mass is 16.5. The number of carbonyl (C=O) groups excluding carboxylic acids is 2. The molecule has 1 amide bonds. The van der Waals surface area contributed by atoms with Crippen LogP contribution in [-0.2, 0) is 9.47 Å². The van der Waals surface area contributed by atoms with E-state index in [2.05, 4.69) is 15.3 Å². The molecule has 2 aliphatic rings. The number of rotatable bonds is 10. The number of hydrogen-bond donors (Lipinski definition) is 2. The molecule has 2 aromatic heterocycles. The lowest BCUT2D eigenvalue weighted by Crippen LogP contribution is -2.54. The number of imidazole rings is 1. The van der Waals surface area contributed by atoms with Crippen LogP contribution in [0.2, 0.25) is 0 Å². The van der Waals surface area contributed by atoms with Crippen LogP contribution in [-0.4, -0.2) is 95.1 Å². The summed E-state index contributed by atoms with van der Waals surface area (Å²) in [5.41, 5.74) is 1.21. The van der Waals surface area contributed by atoms with Crippen LogP contribution in [0.1, 0.15) is 59.0 Å². The van der Waals surface area contributed by atoms with Crippen LogP contribution in [0.25, 0.3) is 11.3 Å². The Morgan fingerprint density at radius 3 is 2.79 bits per heavy atom. The molecule has 0 radical (unpaired) electrons. The minimum absolute atomic E-state index is 0.128. The van der Waals surface area contributed by atoms with Crippen molar-refractivity contribution in [1.29, 1.82) is 0 Å². The molecule has 2 N–H and O–H groups in total. The number of ether oxygens (including phenoxy) is 3. The second-order valence-electron chi connectivity index (χ2n) is 10.9. The third kappa shape index (κ3) is 6.33. The van der Waals surface area contributed by atoms with Crippen LogP contribution in [0.15, 0.2) is 55.1 Å². The molecule has 0 bridgehead atoms. The number of piperazine rings is 1. The predicted molar refractivity (Wildman–Crippen MR) is 155 cm³/mol. The Labute approximate surface area is 245 Å². The van der Waals surface area contributed by atoms with Gasteiger partial charge in [-0.25, -0.2) is 9.78 Å². The second-order valence-corrected chi connectivity index (χ2v) is 10.9. The predicted octanol–water partition coefficient (Wildman–Crippen LogP) is 3.11. The van der Waals surface area contributed by atoms with E-state index in [1.807, 2.05) is 39.8 Å². The number of hydrogen-bond acceptors (Lipinski definition) is 9. The van der Waals surface area contributed by atoms with Crippen molar-refractivity contribution in [3.05, 3.63) is 66.4 Å². The number of benzene rings is 1. The molecule has 3 atom stereocenters. The first-order chi connectivity index (χ1) is 20.4. The van der Waals surface area contributed by atoms with Crippen molar-refractivity contribution in [3.8, 4) is 17.0 Å². The van der Waals surface area contributed by atoms with E-state index in [9.17, 15) is 14.7 Å². The summed E-state index contributed by atoms with van der Waals surface area (Å²) in [5.74, 6) is -0.177. The zero-order chi connectivity index (χ0) is 29.5. The fourth-order valence-electron chi connectivity index (χ4n) is 6.12. The molecule has 0 spiro atoms. The van der Waals surface area contributed by atoms with E-state index in [1.54, 1.807) is 25.7 Å². The maximum Gasteiger partial charge on any atom is 0.339 e. The molecule has 1 saturated carbocycles. The monoisotopic (exact) mass is 577 g/mol. The van der Waals surface area contributed by atoms with Gasteiger partial charge in [-0.1, -0.05) is 43.2 Å². The van der Waals surface area contributed by atoms with Gasteiger partial charge >= 0.3 is 5.97 Å². The molecule has 11 heteroatoms. The van der Waals surface area contributed by atoms with E-state index in [4.69, 9.17) is 14.2 Å². The third-order valence-electron chi connectivity index (χ3n) is 8.20. The van der Waals surface area contributed by atoms with E-state index in [1.165, 1.54) is 13.3 Å². The number of methoxy groups -OCH3 is 2. The summed E-state index contributed by atoms with van der Waals surface area (Å²) in [5, 5.41) is 15.0. The van der Waals surface area contributed by atoms with Gasteiger partial charge in [0.2, 0.25) is 0 Å². The van der Waals surface area contributed by atoms with Crippen molar-refractivity contribution < 1.29 is 28.9 Å². The maximum atomic E-state index is 14.2. The van der Waals surface area contributed by atoms with Crippen molar-refractivity contribution in [1.82, 2.24) is 24.8 Å². The maximum absolute atomic E-state index is 14.2. The zero-order valence-corrected chi connectivity index (χ0v) is 24.2. The van der Waals surface area contributed by atoms with Gasteiger partial charge < -0.3 is 34.1 Å². The number of amides is 1. The quantitative estimate of drug-likeness (QED) is 0.349. The molecule has 2 fully saturated rings. The molecule has 1 saturated heterocycles. The summed E-state index contributed by atoms with van der Waals surface area (Å²) >= 11 is 0. The number of carbonyl (C=O) groups is 2. The van der Waals surface area contributed by atoms with Gasteiger partial charge in [0.25, 0.3) is 5.91 Å². The van der Waals surface area contributed by atoms with E-state index in [-0.39, 0.29) is 24.6 Å². The molecule has 11 nitrogen and oxygen atoms in total. The lowest BCUT2D eigenvalue weighted by molar-refractivity contribution is -0.0893. The van der Waals surface area contributed by atoms with Gasteiger partial charge in [-0.15, -0.1) is 0 Å². The molecule has 1 aliphatic heterocycles. The van der Waals surface area contributed by atoms with Crippen LogP contribution >= 0.6 is 0 Å². The van der Waals surface area contributed by atoms with Gasteiger partial charge in [-0.3, -0.25) is 9.78 Å². The summed E-state index contributed by atoms with van der Waals surface area (Å²) in [7, 11) is 2.92. The van der Waals surface area contributed by atoms with Crippen LogP contribution in [0, 0.1) is 0 Å². The number of aliphatic hydroxyl groups is 1. The van der Waals surface area contributed by atoms with Crippen LogP contribution < -0.4 is 10.1 Å². The van der Waals surface area contributed by atoms with Crippen LogP contribution in [0.4, 0.5) is 0 Å². The molecule has 3 heterocycles. The van der Waals surface area contributed by atoms with Crippen molar-refractivity contribution in [3.63, 3.8) is 0 Å². The highest BCUT2D eigenvalue weighted by Gasteiger charge is 2.42. The molecule has 224 valence electrons. The Morgan fingerprint density at radius 1 is 1.17 bits per heavy atom. The van der Waals surface area contributed by atoms with E-state index >= 15 is 0 Å². The standard InChI is InChI=1S/C31H39N5O6/c1-40-20-31(39)12-7-6-10-26(31)36-21-34-27(28(36)22-8-4-3-5-9-22)29(37)35-14-13-32-18-24(35)11-15-42-25-16-23(17-33-19-25)30(38)41-2/h3-5,8-9,16-17,19,21,24,26,32,39H,6-7,10-15,18,20H2,1-2H3/t24-,26-,31-/m1/s1. The fraction of sp³-hybridized carbons (Fsp3) is 0.484. The Bertz CT molecular complexity index is 1360. The molecule has 3 aromatic rings. The Kier molecular flexibility index (Phi) is 9.51.